The Kier molecular flexibility index (Phi) is 4.06. The van der Waals surface area contributed by atoms with Crippen molar-refractivity contribution >= 4 is 7.82 Å². The molecule has 10 heteroatoms. The van der Waals surface area contributed by atoms with Gasteiger partial charge in [0.15, 0.2) is 0 Å². The lowest BCUT2D eigenvalue weighted by Crippen LogP contribution is -2.62. The van der Waals surface area contributed by atoms with Crippen molar-refractivity contribution in [3.05, 3.63) is 0 Å². The van der Waals surface area contributed by atoms with Crippen molar-refractivity contribution < 1.29 is 44.0 Å². The van der Waals surface area contributed by atoms with E-state index in [2.05, 4.69) is 9.26 Å². The summed E-state index contributed by atoms with van der Waals surface area (Å²) in [6.07, 6.45) is -5.03. The van der Waals surface area contributed by atoms with Gasteiger partial charge in [0, 0.05) is 0 Å². The van der Waals surface area contributed by atoms with Gasteiger partial charge >= 0.3 is 7.82 Å². The summed E-state index contributed by atoms with van der Waals surface area (Å²) < 4.78 is 18.9. The third-order valence-electron chi connectivity index (χ3n) is 2.12. The van der Waals surface area contributed by atoms with Crippen LogP contribution in [-0.4, -0.2) is 67.5 Å². The number of phosphoric acid groups is 1. The fourth-order valence-corrected chi connectivity index (χ4v) is 1.55. The van der Waals surface area contributed by atoms with E-state index >= 15 is 0 Å². The standard InChI is InChI=1S/C6H13O9P/c7-3-1-14-6(10,5(9)4(3)8)2-15-16(11,12)13/h3-5,7-10H,1-2H2,(H2,11,12,13)/t3-,4-,5+,6+/m1/s1. The molecule has 0 unspecified atom stereocenters. The molecule has 0 amide bonds. The smallest absolute Gasteiger partial charge is 0.388 e. The average Bonchev–Trinajstić information content (AvgIpc) is 2.18. The largest absolute Gasteiger partial charge is 0.469 e. The van der Waals surface area contributed by atoms with Crippen molar-refractivity contribution in [1.29, 1.82) is 0 Å². The van der Waals surface area contributed by atoms with E-state index in [4.69, 9.17) is 14.9 Å². The topological polar surface area (TPSA) is 157 Å². The first-order valence-corrected chi connectivity index (χ1v) is 5.79. The summed E-state index contributed by atoms with van der Waals surface area (Å²) in [4.78, 5) is 16.8. The molecule has 4 atom stereocenters. The highest BCUT2D eigenvalue weighted by atomic mass is 31.2. The summed E-state index contributed by atoms with van der Waals surface area (Å²) >= 11 is 0. The maximum Gasteiger partial charge on any atom is 0.469 e. The van der Waals surface area contributed by atoms with E-state index in [1.807, 2.05) is 0 Å². The Bertz CT molecular complexity index is 290. The molecule has 0 saturated carbocycles. The molecule has 0 aromatic heterocycles. The second-order valence-corrected chi connectivity index (χ2v) is 4.66. The van der Waals surface area contributed by atoms with Crippen LogP contribution in [0.15, 0.2) is 0 Å². The summed E-state index contributed by atoms with van der Waals surface area (Å²) in [6, 6.07) is 0. The fourth-order valence-electron chi connectivity index (χ4n) is 1.19. The molecule has 96 valence electrons. The summed E-state index contributed by atoms with van der Waals surface area (Å²) in [5.74, 6) is -2.47. The molecule has 1 saturated heterocycles. The molecule has 1 aliphatic rings. The van der Waals surface area contributed by atoms with Gasteiger partial charge in [-0.1, -0.05) is 0 Å². The molecule has 0 radical (unpaired) electrons. The number of ether oxygens (including phenoxy) is 1. The first-order valence-electron chi connectivity index (χ1n) is 4.26. The van der Waals surface area contributed by atoms with Crippen LogP contribution in [0.25, 0.3) is 0 Å². The molecular weight excluding hydrogens is 247 g/mol. The van der Waals surface area contributed by atoms with Gasteiger partial charge in [0.1, 0.15) is 24.9 Å². The predicted molar refractivity (Wildman–Crippen MR) is 46.9 cm³/mol. The number of phosphoric ester groups is 1. The van der Waals surface area contributed by atoms with Gasteiger partial charge in [-0.15, -0.1) is 0 Å². The molecule has 0 bridgehead atoms. The Labute approximate surface area is 90.1 Å². The van der Waals surface area contributed by atoms with Gasteiger partial charge in [-0.25, -0.2) is 4.57 Å². The Hall–Kier alpha value is -0.0900. The summed E-state index contributed by atoms with van der Waals surface area (Å²) in [5.41, 5.74) is 0. The van der Waals surface area contributed by atoms with Gasteiger partial charge < -0.3 is 34.9 Å². The molecule has 0 aliphatic carbocycles. The number of rotatable bonds is 3. The van der Waals surface area contributed by atoms with Gasteiger partial charge in [0.25, 0.3) is 0 Å². The highest BCUT2D eigenvalue weighted by Gasteiger charge is 2.49. The normalized spacial score (nSPS) is 41.0. The quantitative estimate of drug-likeness (QED) is 0.289. The van der Waals surface area contributed by atoms with Gasteiger partial charge in [-0.05, 0) is 0 Å². The number of hydrogen-bond donors (Lipinski definition) is 6. The van der Waals surface area contributed by atoms with Crippen molar-refractivity contribution in [2.45, 2.75) is 24.1 Å². The summed E-state index contributed by atoms with van der Waals surface area (Å²) in [7, 11) is -4.83. The number of aliphatic hydroxyl groups excluding tert-OH is 3. The SMILES string of the molecule is O=P(O)(O)OC[C@]1(O)OC[C@@H](O)[C@@H](O)[C@@H]1O. The summed E-state index contributed by atoms with van der Waals surface area (Å²) in [5, 5.41) is 37.2. The molecular formula is C6H13O9P. The third kappa shape index (κ3) is 3.20. The number of hydrogen-bond acceptors (Lipinski definition) is 7. The molecule has 16 heavy (non-hydrogen) atoms. The lowest BCUT2D eigenvalue weighted by atomic mass is 9.98. The van der Waals surface area contributed by atoms with E-state index in [1.165, 1.54) is 0 Å². The molecule has 1 heterocycles. The average molecular weight is 260 g/mol. The van der Waals surface area contributed by atoms with Crippen LogP contribution in [0.4, 0.5) is 0 Å². The lowest BCUT2D eigenvalue weighted by molar-refractivity contribution is -0.329. The predicted octanol–water partition coefficient (Wildman–Crippen LogP) is -3.10. The minimum atomic E-state index is -4.83. The van der Waals surface area contributed by atoms with Gasteiger partial charge in [0.05, 0.1) is 6.61 Å². The van der Waals surface area contributed by atoms with E-state index in [0.29, 0.717) is 0 Å². The van der Waals surface area contributed by atoms with Crippen molar-refractivity contribution in [3.8, 4) is 0 Å². The van der Waals surface area contributed by atoms with E-state index in [9.17, 15) is 19.9 Å². The zero-order valence-corrected chi connectivity index (χ0v) is 8.90. The molecule has 0 aromatic carbocycles. The zero-order chi connectivity index (χ0) is 12.6. The lowest BCUT2D eigenvalue weighted by Gasteiger charge is -2.41. The molecule has 0 spiro atoms. The minimum absolute atomic E-state index is 0.501. The van der Waals surface area contributed by atoms with Crippen LogP contribution in [0, 0.1) is 0 Å². The van der Waals surface area contributed by atoms with Crippen LogP contribution in [0.1, 0.15) is 0 Å². The van der Waals surface area contributed by atoms with Crippen molar-refractivity contribution in [3.63, 3.8) is 0 Å². The Morgan fingerprint density at radius 2 is 1.94 bits per heavy atom. The van der Waals surface area contributed by atoms with Crippen LogP contribution in [0.3, 0.4) is 0 Å². The van der Waals surface area contributed by atoms with Gasteiger partial charge in [-0.3, -0.25) is 4.52 Å². The molecule has 1 rings (SSSR count). The van der Waals surface area contributed by atoms with Gasteiger partial charge in [-0.2, -0.15) is 0 Å². The second kappa shape index (κ2) is 4.65. The van der Waals surface area contributed by atoms with Crippen molar-refractivity contribution in [2.75, 3.05) is 13.2 Å². The number of aliphatic hydroxyl groups is 4. The molecule has 1 fully saturated rings. The molecule has 6 N–H and O–H groups in total. The maximum atomic E-state index is 10.4. The minimum Gasteiger partial charge on any atom is -0.388 e. The van der Waals surface area contributed by atoms with Crippen molar-refractivity contribution in [1.82, 2.24) is 0 Å². The second-order valence-electron chi connectivity index (χ2n) is 3.42. The fraction of sp³-hybridized carbons (Fsp3) is 1.00. The maximum absolute atomic E-state index is 10.4. The van der Waals surface area contributed by atoms with E-state index in [1.54, 1.807) is 0 Å². The van der Waals surface area contributed by atoms with E-state index < -0.39 is 45.1 Å². The third-order valence-corrected chi connectivity index (χ3v) is 2.59. The highest BCUT2D eigenvalue weighted by molar-refractivity contribution is 7.46. The van der Waals surface area contributed by atoms with Crippen molar-refractivity contribution in [2.24, 2.45) is 0 Å². The highest BCUT2D eigenvalue weighted by Crippen LogP contribution is 2.38. The van der Waals surface area contributed by atoms with Crippen LogP contribution >= 0.6 is 7.82 Å². The van der Waals surface area contributed by atoms with E-state index in [-0.39, 0.29) is 0 Å². The molecule has 1 aliphatic heterocycles. The van der Waals surface area contributed by atoms with Crippen LogP contribution in [-0.2, 0) is 13.8 Å². The molecule has 0 aromatic rings. The first-order chi connectivity index (χ1) is 7.16. The first kappa shape index (κ1) is 14.0. The van der Waals surface area contributed by atoms with Crippen LogP contribution in [0.5, 0.6) is 0 Å². The Morgan fingerprint density at radius 3 is 2.44 bits per heavy atom. The Balaban J connectivity index is 2.66. The van der Waals surface area contributed by atoms with Crippen LogP contribution < -0.4 is 0 Å². The zero-order valence-electron chi connectivity index (χ0n) is 8.00. The van der Waals surface area contributed by atoms with Gasteiger partial charge in [0.2, 0.25) is 5.79 Å². The van der Waals surface area contributed by atoms with Crippen LogP contribution in [0.2, 0.25) is 0 Å². The van der Waals surface area contributed by atoms with E-state index in [0.717, 1.165) is 0 Å². The Morgan fingerprint density at radius 1 is 1.38 bits per heavy atom. The monoisotopic (exact) mass is 260 g/mol. The summed E-state index contributed by atoms with van der Waals surface area (Å²) in [6.45, 7) is -1.54. The molecule has 9 nitrogen and oxygen atoms in total.